The first-order valence-electron chi connectivity index (χ1n) is 7.15. The molecule has 0 radical (unpaired) electrons. The van der Waals surface area contributed by atoms with Gasteiger partial charge in [0.25, 0.3) is 5.91 Å². The number of halogens is 1. The second-order valence-electron chi connectivity index (χ2n) is 5.36. The Morgan fingerprint density at radius 2 is 1.87 bits per heavy atom. The summed E-state index contributed by atoms with van der Waals surface area (Å²) in [7, 11) is 0. The summed E-state index contributed by atoms with van der Waals surface area (Å²) in [5.74, 6) is 0.0741. The molecule has 6 heteroatoms. The third-order valence-electron chi connectivity index (χ3n) is 3.53. The summed E-state index contributed by atoms with van der Waals surface area (Å²) in [6, 6.07) is 9.64. The Hall–Kier alpha value is -2.47. The van der Waals surface area contributed by atoms with Crippen LogP contribution in [-0.2, 0) is 0 Å². The van der Waals surface area contributed by atoms with E-state index in [2.05, 4.69) is 10.4 Å². The highest BCUT2D eigenvalue weighted by Gasteiger charge is 2.15. The lowest BCUT2D eigenvalue weighted by molar-refractivity contribution is 0.103. The standard InChI is InChI=1S/C17H16FN3OS/c1-10-8-15(23-12(10)3)17(22)19-16-9-11(2)20-21(16)14-6-4-13(18)5-7-14/h4-9H,1-3H3,(H,19,22). The minimum Gasteiger partial charge on any atom is -0.306 e. The van der Waals surface area contributed by atoms with Crippen molar-refractivity contribution in [2.45, 2.75) is 20.8 Å². The predicted molar refractivity (Wildman–Crippen MR) is 90.0 cm³/mol. The van der Waals surface area contributed by atoms with Gasteiger partial charge in [-0.3, -0.25) is 4.79 Å². The SMILES string of the molecule is Cc1cc(NC(=O)c2cc(C)c(C)s2)n(-c2ccc(F)cc2)n1. The van der Waals surface area contributed by atoms with Gasteiger partial charge in [-0.05, 0) is 56.7 Å². The number of aryl methyl sites for hydroxylation is 3. The van der Waals surface area contributed by atoms with Crippen molar-refractivity contribution in [1.82, 2.24) is 9.78 Å². The summed E-state index contributed by atoms with van der Waals surface area (Å²) in [6.45, 7) is 5.81. The number of nitrogens with zero attached hydrogens (tertiary/aromatic N) is 2. The zero-order valence-electron chi connectivity index (χ0n) is 13.1. The monoisotopic (exact) mass is 329 g/mol. The average Bonchev–Trinajstić information content (AvgIpc) is 3.03. The molecule has 1 aromatic carbocycles. The van der Waals surface area contributed by atoms with Gasteiger partial charge in [0.2, 0.25) is 0 Å². The molecule has 0 saturated carbocycles. The van der Waals surface area contributed by atoms with Crippen LogP contribution in [0.5, 0.6) is 0 Å². The van der Waals surface area contributed by atoms with Crippen LogP contribution in [0.15, 0.2) is 36.4 Å². The van der Waals surface area contributed by atoms with Crippen LogP contribution < -0.4 is 5.32 Å². The number of rotatable bonds is 3. The maximum absolute atomic E-state index is 13.1. The summed E-state index contributed by atoms with van der Waals surface area (Å²) in [5.41, 5.74) is 2.56. The molecule has 0 aliphatic carbocycles. The fourth-order valence-corrected chi connectivity index (χ4v) is 3.16. The van der Waals surface area contributed by atoms with Gasteiger partial charge in [-0.1, -0.05) is 0 Å². The van der Waals surface area contributed by atoms with E-state index in [1.54, 1.807) is 22.9 Å². The number of benzene rings is 1. The van der Waals surface area contributed by atoms with E-state index < -0.39 is 0 Å². The van der Waals surface area contributed by atoms with Crippen LogP contribution in [0.25, 0.3) is 5.69 Å². The van der Waals surface area contributed by atoms with E-state index in [0.717, 1.165) is 16.1 Å². The number of hydrogen-bond acceptors (Lipinski definition) is 3. The molecule has 0 fully saturated rings. The van der Waals surface area contributed by atoms with Crippen molar-refractivity contribution in [3.63, 3.8) is 0 Å². The Bertz CT molecular complexity index is 845. The molecular weight excluding hydrogens is 313 g/mol. The van der Waals surface area contributed by atoms with E-state index in [1.807, 2.05) is 26.8 Å². The molecule has 3 aromatic rings. The maximum Gasteiger partial charge on any atom is 0.266 e. The smallest absolute Gasteiger partial charge is 0.266 e. The molecule has 1 N–H and O–H groups in total. The van der Waals surface area contributed by atoms with E-state index in [9.17, 15) is 9.18 Å². The molecule has 3 rings (SSSR count). The number of carbonyl (C=O) groups excluding carboxylic acids is 1. The van der Waals surface area contributed by atoms with E-state index in [1.165, 1.54) is 23.5 Å². The molecule has 4 nitrogen and oxygen atoms in total. The van der Waals surface area contributed by atoms with Crippen LogP contribution in [-0.4, -0.2) is 15.7 Å². The summed E-state index contributed by atoms with van der Waals surface area (Å²) in [4.78, 5) is 14.2. The first kappa shape index (κ1) is 15.4. The minimum atomic E-state index is -0.312. The summed E-state index contributed by atoms with van der Waals surface area (Å²) >= 11 is 1.46. The normalized spacial score (nSPS) is 10.8. The molecule has 0 bridgehead atoms. The second kappa shape index (κ2) is 5.96. The zero-order valence-corrected chi connectivity index (χ0v) is 13.9. The van der Waals surface area contributed by atoms with Gasteiger partial charge in [0.05, 0.1) is 16.3 Å². The van der Waals surface area contributed by atoms with E-state index in [0.29, 0.717) is 16.4 Å². The molecule has 0 unspecified atom stereocenters. The first-order valence-corrected chi connectivity index (χ1v) is 7.96. The van der Waals surface area contributed by atoms with Crippen LogP contribution >= 0.6 is 11.3 Å². The molecule has 0 saturated heterocycles. The van der Waals surface area contributed by atoms with Crippen molar-refractivity contribution in [2.24, 2.45) is 0 Å². The van der Waals surface area contributed by atoms with Gasteiger partial charge in [0, 0.05) is 10.9 Å². The highest BCUT2D eigenvalue weighted by molar-refractivity contribution is 7.14. The van der Waals surface area contributed by atoms with Crippen molar-refractivity contribution in [2.75, 3.05) is 5.32 Å². The minimum absolute atomic E-state index is 0.172. The summed E-state index contributed by atoms with van der Waals surface area (Å²) < 4.78 is 14.7. The lowest BCUT2D eigenvalue weighted by atomic mass is 10.3. The number of aromatic nitrogens is 2. The van der Waals surface area contributed by atoms with E-state index in [4.69, 9.17) is 0 Å². The Balaban J connectivity index is 1.91. The lowest BCUT2D eigenvalue weighted by Crippen LogP contribution is -2.14. The Labute approximate surface area is 137 Å². The van der Waals surface area contributed by atoms with Crippen molar-refractivity contribution in [3.05, 3.63) is 63.2 Å². The highest BCUT2D eigenvalue weighted by atomic mass is 32.1. The van der Waals surface area contributed by atoms with Gasteiger partial charge in [-0.2, -0.15) is 5.10 Å². The molecule has 0 aliphatic heterocycles. The molecule has 2 aromatic heterocycles. The number of thiophene rings is 1. The molecule has 0 spiro atoms. The number of hydrogen-bond donors (Lipinski definition) is 1. The number of nitrogens with one attached hydrogen (secondary N) is 1. The zero-order chi connectivity index (χ0) is 16.6. The van der Waals surface area contributed by atoms with Crippen molar-refractivity contribution in [1.29, 1.82) is 0 Å². The van der Waals surface area contributed by atoms with Gasteiger partial charge in [0.15, 0.2) is 0 Å². The van der Waals surface area contributed by atoms with E-state index >= 15 is 0 Å². The van der Waals surface area contributed by atoms with Crippen molar-refractivity contribution < 1.29 is 9.18 Å². The predicted octanol–water partition coefficient (Wildman–Crippen LogP) is 4.25. The van der Waals surface area contributed by atoms with Gasteiger partial charge < -0.3 is 5.32 Å². The topological polar surface area (TPSA) is 46.9 Å². The number of carbonyl (C=O) groups is 1. The molecule has 118 valence electrons. The summed E-state index contributed by atoms with van der Waals surface area (Å²) in [6.07, 6.45) is 0. The Morgan fingerprint density at radius 3 is 2.48 bits per heavy atom. The van der Waals surface area contributed by atoms with E-state index in [-0.39, 0.29) is 11.7 Å². The quantitative estimate of drug-likeness (QED) is 0.781. The van der Waals surface area contributed by atoms with Crippen LogP contribution in [0.3, 0.4) is 0 Å². The second-order valence-corrected chi connectivity index (χ2v) is 6.62. The largest absolute Gasteiger partial charge is 0.306 e. The third kappa shape index (κ3) is 3.17. The number of anilines is 1. The maximum atomic E-state index is 13.1. The van der Waals surface area contributed by atoms with Gasteiger partial charge in [-0.25, -0.2) is 9.07 Å². The average molecular weight is 329 g/mol. The third-order valence-corrected chi connectivity index (χ3v) is 4.69. The van der Waals surface area contributed by atoms with Crippen LogP contribution in [0.1, 0.15) is 25.8 Å². The first-order chi connectivity index (χ1) is 10.9. The van der Waals surface area contributed by atoms with Gasteiger partial charge >= 0.3 is 0 Å². The van der Waals surface area contributed by atoms with Gasteiger partial charge in [-0.15, -0.1) is 11.3 Å². The number of amides is 1. The lowest BCUT2D eigenvalue weighted by Gasteiger charge is -2.08. The molecule has 0 aliphatic rings. The van der Waals surface area contributed by atoms with Crippen LogP contribution in [0.4, 0.5) is 10.2 Å². The fourth-order valence-electron chi connectivity index (χ4n) is 2.23. The van der Waals surface area contributed by atoms with Crippen molar-refractivity contribution in [3.8, 4) is 5.69 Å². The molecule has 0 atom stereocenters. The molecule has 2 heterocycles. The molecule has 23 heavy (non-hydrogen) atoms. The molecular formula is C17H16FN3OS. The highest BCUT2D eigenvalue weighted by Crippen LogP contribution is 2.23. The van der Waals surface area contributed by atoms with Crippen LogP contribution in [0.2, 0.25) is 0 Å². The Kier molecular flexibility index (Phi) is 4.00. The van der Waals surface area contributed by atoms with Gasteiger partial charge in [0.1, 0.15) is 11.6 Å². The van der Waals surface area contributed by atoms with Crippen molar-refractivity contribution >= 4 is 23.1 Å². The van der Waals surface area contributed by atoms with Crippen LogP contribution in [0, 0.1) is 26.6 Å². The molecule has 1 amide bonds. The Morgan fingerprint density at radius 1 is 1.17 bits per heavy atom. The fraction of sp³-hybridized carbons (Fsp3) is 0.176. The summed E-state index contributed by atoms with van der Waals surface area (Å²) in [5, 5.41) is 7.24.